The summed E-state index contributed by atoms with van der Waals surface area (Å²) < 4.78 is 12.2. The Bertz CT molecular complexity index is 1290. The Morgan fingerprint density at radius 2 is 0.921 bits per heavy atom. The average Bonchev–Trinajstić information content (AvgIpc) is 2.94. The monoisotopic (exact) mass is 518 g/mol. The number of Topliss-reactive ketones (excluding diaryl/α,β-unsaturated/α-hetero) is 1. The topological polar surface area (TPSA) is 81.6 Å². The fourth-order valence-electron chi connectivity index (χ4n) is 3.93. The van der Waals surface area contributed by atoms with E-state index in [0.29, 0.717) is 11.5 Å². The van der Waals surface area contributed by atoms with Gasteiger partial charge in [0.1, 0.15) is 23.0 Å². The molecule has 3 aliphatic rings. The Labute approximate surface area is 228 Å². The van der Waals surface area contributed by atoms with Crippen LogP contribution in [-0.2, 0) is 14.3 Å². The number of hydrogen-bond acceptors (Lipinski definition) is 5. The molecule has 0 N–H and O–H groups in total. The lowest BCUT2D eigenvalue weighted by molar-refractivity contribution is -0.308. The second-order valence-corrected chi connectivity index (χ2v) is 14.3. The molecule has 0 aromatic carbocycles. The van der Waals surface area contributed by atoms with Gasteiger partial charge >= 0.3 is 0 Å². The van der Waals surface area contributed by atoms with Crippen molar-refractivity contribution in [2.45, 2.75) is 83.1 Å². The normalized spacial score (nSPS) is 21.8. The van der Waals surface area contributed by atoms with Crippen LogP contribution in [0.3, 0.4) is 0 Å². The first-order chi connectivity index (χ1) is 17.1. The zero-order valence-corrected chi connectivity index (χ0v) is 25.0. The Morgan fingerprint density at radius 1 is 0.553 bits per heavy atom. The van der Waals surface area contributed by atoms with Gasteiger partial charge in [-0.1, -0.05) is 94.6 Å². The SMILES string of the molecule is CC(C)(C)C1=C/C(=C/C2=C([O-])C(/C=C3/C=C(C(C)(C)C)C=C(C(C)(C)C)O3)=C([O-])C2=O)OC(C(C)(C)C)=C1. The summed E-state index contributed by atoms with van der Waals surface area (Å²) in [6.45, 7) is 24.7. The van der Waals surface area contributed by atoms with E-state index in [2.05, 4.69) is 41.5 Å². The molecule has 0 atom stereocenters. The molecule has 0 unspecified atom stereocenters. The van der Waals surface area contributed by atoms with Crippen molar-refractivity contribution in [2.75, 3.05) is 0 Å². The first-order valence-corrected chi connectivity index (χ1v) is 13.1. The molecule has 0 radical (unpaired) electrons. The largest absolute Gasteiger partial charge is 0.872 e. The van der Waals surface area contributed by atoms with E-state index in [0.717, 1.165) is 22.7 Å². The number of carbonyl (C=O) groups is 1. The number of rotatable bonds is 2. The average molecular weight is 519 g/mol. The van der Waals surface area contributed by atoms with Gasteiger partial charge in [0.15, 0.2) is 5.78 Å². The second kappa shape index (κ2) is 9.52. The van der Waals surface area contributed by atoms with E-state index in [1.165, 1.54) is 12.2 Å². The summed E-state index contributed by atoms with van der Waals surface area (Å²) in [5, 5.41) is 26.4. The molecular weight excluding hydrogens is 476 g/mol. The molecule has 0 bridgehead atoms. The van der Waals surface area contributed by atoms with E-state index >= 15 is 0 Å². The maximum absolute atomic E-state index is 13.4. The molecule has 1 aliphatic carbocycles. The standard InChI is InChI=1S/C33H44O5/c1-30(2,3)19-13-21(37-25(15-19)32(7,8)9)17-23-27(34)24(29(36)28(23)35)18-22-14-20(31(4,5)6)16-26(38-22)33(10,11)12/h13-18,34H,1-12H3,(H,35,36)/p-2/b21-17-,22-18-. The van der Waals surface area contributed by atoms with Crippen LogP contribution >= 0.6 is 0 Å². The van der Waals surface area contributed by atoms with E-state index in [1.54, 1.807) is 0 Å². The summed E-state index contributed by atoms with van der Waals surface area (Å²) in [6, 6.07) is 0. The van der Waals surface area contributed by atoms with Gasteiger partial charge in [0.25, 0.3) is 0 Å². The highest BCUT2D eigenvalue weighted by atomic mass is 16.5. The molecule has 0 fully saturated rings. The van der Waals surface area contributed by atoms with E-state index in [9.17, 15) is 15.0 Å². The van der Waals surface area contributed by atoms with Crippen LogP contribution in [0.2, 0.25) is 0 Å². The maximum Gasteiger partial charge on any atom is 0.178 e. The minimum Gasteiger partial charge on any atom is -0.872 e. The Hall–Kier alpha value is -3.21. The van der Waals surface area contributed by atoms with Crippen LogP contribution < -0.4 is 10.2 Å². The number of allylic oxidation sites excluding steroid dienone is 11. The van der Waals surface area contributed by atoms with Crippen LogP contribution in [-0.4, -0.2) is 5.78 Å². The third-order valence-corrected chi connectivity index (χ3v) is 6.59. The molecule has 0 aromatic rings. The highest BCUT2D eigenvalue weighted by molar-refractivity contribution is 6.13. The molecule has 5 nitrogen and oxygen atoms in total. The summed E-state index contributed by atoms with van der Waals surface area (Å²) in [6.07, 6.45) is 10.5. The minimum atomic E-state index is -0.835. The van der Waals surface area contributed by atoms with Crippen LogP contribution in [0.15, 0.2) is 93.3 Å². The molecule has 5 heteroatoms. The molecule has 3 rings (SSSR count). The molecule has 38 heavy (non-hydrogen) atoms. The molecule has 0 saturated carbocycles. The zero-order valence-electron chi connectivity index (χ0n) is 25.0. The smallest absolute Gasteiger partial charge is 0.178 e. The summed E-state index contributed by atoms with van der Waals surface area (Å²) in [5.41, 5.74) is 0.684. The van der Waals surface area contributed by atoms with Crippen molar-refractivity contribution in [1.29, 1.82) is 0 Å². The predicted molar refractivity (Wildman–Crippen MR) is 148 cm³/mol. The molecule has 0 saturated heterocycles. The van der Waals surface area contributed by atoms with Gasteiger partial charge in [-0.15, -0.1) is 0 Å². The van der Waals surface area contributed by atoms with Crippen molar-refractivity contribution in [3.05, 3.63) is 93.3 Å². The molecule has 2 aliphatic heterocycles. The molecule has 0 spiro atoms. The van der Waals surface area contributed by atoms with Gasteiger partial charge < -0.3 is 19.7 Å². The summed E-state index contributed by atoms with van der Waals surface area (Å²) >= 11 is 0. The predicted octanol–water partition coefficient (Wildman–Crippen LogP) is 6.43. The quantitative estimate of drug-likeness (QED) is 0.421. The number of carbonyl (C=O) groups excluding carboxylic acids is 1. The highest BCUT2D eigenvalue weighted by Crippen LogP contribution is 2.41. The van der Waals surface area contributed by atoms with Gasteiger partial charge in [-0.2, -0.15) is 0 Å². The van der Waals surface area contributed by atoms with Crippen LogP contribution in [0.4, 0.5) is 0 Å². The van der Waals surface area contributed by atoms with Crippen LogP contribution in [0, 0.1) is 21.7 Å². The van der Waals surface area contributed by atoms with Crippen molar-refractivity contribution in [1.82, 2.24) is 0 Å². The first-order valence-electron chi connectivity index (χ1n) is 13.1. The van der Waals surface area contributed by atoms with Gasteiger partial charge in [-0.25, -0.2) is 0 Å². The first kappa shape index (κ1) is 29.3. The van der Waals surface area contributed by atoms with Crippen molar-refractivity contribution in [3.63, 3.8) is 0 Å². The van der Waals surface area contributed by atoms with Crippen LogP contribution in [0.25, 0.3) is 0 Å². The number of ether oxygens (including phenoxy) is 2. The van der Waals surface area contributed by atoms with Gasteiger partial charge in [0, 0.05) is 16.4 Å². The minimum absolute atomic E-state index is 0.182. The number of hydrogen-bond donors (Lipinski definition) is 0. The molecule has 2 heterocycles. The van der Waals surface area contributed by atoms with Gasteiger partial charge in [0.2, 0.25) is 0 Å². The lowest BCUT2D eigenvalue weighted by Gasteiger charge is -2.31. The molecular formula is C33H42O5-2. The van der Waals surface area contributed by atoms with Crippen molar-refractivity contribution in [2.24, 2.45) is 21.7 Å². The Morgan fingerprint density at radius 3 is 1.26 bits per heavy atom. The van der Waals surface area contributed by atoms with Crippen molar-refractivity contribution in [3.8, 4) is 0 Å². The zero-order chi connectivity index (χ0) is 29.0. The van der Waals surface area contributed by atoms with Gasteiger partial charge in [-0.05, 0) is 64.0 Å². The van der Waals surface area contributed by atoms with E-state index in [4.69, 9.17) is 9.47 Å². The van der Waals surface area contributed by atoms with Gasteiger partial charge in [-0.3, -0.25) is 4.79 Å². The number of ketones is 1. The van der Waals surface area contributed by atoms with E-state index in [-0.39, 0.29) is 32.8 Å². The third kappa shape index (κ3) is 6.25. The summed E-state index contributed by atoms with van der Waals surface area (Å²) in [5.74, 6) is -0.114. The Balaban J connectivity index is 2.08. The maximum atomic E-state index is 13.4. The fourth-order valence-corrected chi connectivity index (χ4v) is 3.93. The summed E-state index contributed by atoms with van der Waals surface area (Å²) in [7, 11) is 0. The lowest BCUT2D eigenvalue weighted by atomic mass is 9.82. The lowest BCUT2D eigenvalue weighted by Crippen LogP contribution is -2.19. The van der Waals surface area contributed by atoms with Gasteiger partial charge in [0.05, 0.1) is 0 Å². The Kier molecular flexibility index (Phi) is 7.35. The van der Waals surface area contributed by atoms with Crippen molar-refractivity contribution < 1.29 is 24.5 Å². The third-order valence-electron chi connectivity index (χ3n) is 6.59. The molecule has 0 amide bonds. The van der Waals surface area contributed by atoms with E-state index in [1.807, 2.05) is 65.8 Å². The van der Waals surface area contributed by atoms with Crippen LogP contribution in [0.5, 0.6) is 0 Å². The fraction of sp³-hybridized carbons (Fsp3) is 0.485. The van der Waals surface area contributed by atoms with Crippen LogP contribution in [0.1, 0.15) is 83.1 Å². The van der Waals surface area contributed by atoms with Crippen molar-refractivity contribution >= 4 is 5.78 Å². The summed E-state index contributed by atoms with van der Waals surface area (Å²) in [4.78, 5) is 13.0. The molecule has 0 aromatic heterocycles. The molecule has 206 valence electrons. The van der Waals surface area contributed by atoms with E-state index < -0.39 is 17.3 Å². The highest BCUT2D eigenvalue weighted by Gasteiger charge is 2.30. The second-order valence-electron chi connectivity index (χ2n) is 14.3.